The first kappa shape index (κ1) is 26.2. The van der Waals surface area contributed by atoms with Gasteiger partial charge in [-0.25, -0.2) is 0 Å². The highest BCUT2D eigenvalue weighted by Gasteiger charge is 2.64. The SMILES string of the molecule is C[C@@H](C1C=CC=C1P(c1ccccc1)c1ccccc1)P(C12CC3CC(CC(C3)C1)C2)C12CC3CC(CC(C3)C1)C2. The first-order valence-electron chi connectivity index (χ1n) is 17.2. The lowest BCUT2D eigenvalue weighted by molar-refractivity contribution is 0.0177. The topological polar surface area (TPSA) is 0 Å². The van der Waals surface area contributed by atoms with Crippen LogP contribution in [0.1, 0.15) is 84.0 Å². The van der Waals surface area contributed by atoms with Crippen molar-refractivity contribution in [1.82, 2.24) is 0 Å². The van der Waals surface area contributed by atoms with Crippen LogP contribution in [0.4, 0.5) is 0 Å². The fourth-order valence-electron chi connectivity index (χ4n) is 13.0. The molecule has 214 valence electrons. The molecule has 8 bridgehead atoms. The quantitative estimate of drug-likeness (QED) is 0.287. The van der Waals surface area contributed by atoms with E-state index in [-0.39, 0.29) is 7.92 Å². The highest BCUT2D eigenvalue weighted by atomic mass is 31.1. The lowest BCUT2D eigenvalue weighted by Crippen LogP contribution is -2.58. The Morgan fingerprint density at radius 2 is 0.976 bits per heavy atom. The average molecular weight is 579 g/mol. The Morgan fingerprint density at radius 3 is 1.37 bits per heavy atom. The summed E-state index contributed by atoms with van der Waals surface area (Å²) in [7, 11) is -0.558. The van der Waals surface area contributed by atoms with E-state index in [2.05, 4.69) is 85.8 Å². The van der Waals surface area contributed by atoms with E-state index in [0.29, 0.717) is 16.2 Å². The summed E-state index contributed by atoms with van der Waals surface area (Å²) in [6, 6.07) is 23.1. The van der Waals surface area contributed by atoms with Gasteiger partial charge in [-0.1, -0.05) is 93.7 Å². The highest BCUT2D eigenvalue weighted by molar-refractivity contribution is 7.76. The molecular weight excluding hydrogens is 530 g/mol. The van der Waals surface area contributed by atoms with E-state index in [9.17, 15) is 0 Å². The molecule has 0 spiro atoms. The van der Waals surface area contributed by atoms with Crippen LogP contribution in [0.2, 0.25) is 0 Å². The van der Waals surface area contributed by atoms with E-state index >= 15 is 0 Å². The van der Waals surface area contributed by atoms with E-state index in [4.69, 9.17) is 0 Å². The summed E-state index contributed by atoms with van der Waals surface area (Å²) in [5.74, 6) is 6.99. The lowest BCUT2D eigenvalue weighted by Gasteiger charge is -2.69. The van der Waals surface area contributed by atoms with Crippen molar-refractivity contribution in [1.29, 1.82) is 0 Å². The summed E-state index contributed by atoms with van der Waals surface area (Å²) < 4.78 is 0. The van der Waals surface area contributed by atoms with Crippen molar-refractivity contribution < 1.29 is 0 Å². The van der Waals surface area contributed by atoms with E-state index in [1.165, 1.54) is 10.6 Å². The zero-order chi connectivity index (χ0) is 27.2. The molecule has 1 unspecified atom stereocenters. The first-order valence-corrected chi connectivity index (χ1v) is 19.9. The monoisotopic (exact) mass is 578 g/mol. The number of allylic oxidation sites excluding steroid dienone is 4. The van der Waals surface area contributed by atoms with Gasteiger partial charge in [-0.2, -0.15) is 0 Å². The van der Waals surface area contributed by atoms with Crippen molar-refractivity contribution in [3.63, 3.8) is 0 Å². The molecule has 0 heterocycles. The van der Waals surface area contributed by atoms with Crippen LogP contribution in [0.3, 0.4) is 0 Å². The molecule has 11 rings (SSSR count). The van der Waals surface area contributed by atoms with Crippen LogP contribution < -0.4 is 10.6 Å². The predicted octanol–water partition coefficient (Wildman–Crippen LogP) is 10.00. The smallest absolute Gasteiger partial charge is 0.00971 e. The fraction of sp³-hybridized carbons (Fsp3) is 0.590. The number of benzene rings is 2. The maximum Gasteiger partial charge on any atom is 0.00971 e. The van der Waals surface area contributed by atoms with Gasteiger partial charge in [-0.15, -0.1) is 0 Å². The van der Waals surface area contributed by atoms with E-state index < -0.39 is 7.92 Å². The molecule has 0 aliphatic heterocycles. The third kappa shape index (κ3) is 4.27. The molecule has 41 heavy (non-hydrogen) atoms. The molecule has 9 aliphatic carbocycles. The van der Waals surface area contributed by atoms with Crippen molar-refractivity contribution in [3.05, 3.63) is 84.2 Å². The molecule has 2 aromatic rings. The summed E-state index contributed by atoms with van der Waals surface area (Å²) in [4.78, 5) is 0. The molecule has 0 N–H and O–H groups in total. The Kier molecular flexibility index (Phi) is 6.33. The Labute approximate surface area is 251 Å². The Balaban J connectivity index is 1.14. The number of hydrogen-bond donors (Lipinski definition) is 0. The summed E-state index contributed by atoms with van der Waals surface area (Å²) in [6.45, 7) is 2.81. The fourth-order valence-corrected chi connectivity index (χ4v) is 21.8. The normalized spacial score (nSPS) is 43.1. The summed E-state index contributed by atoms with van der Waals surface area (Å²) in [5.41, 5.74) is 0.805. The van der Waals surface area contributed by atoms with Gasteiger partial charge in [0.25, 0.3) is 0 Å². The molecule has 0 radical (unpaired) electrons. The zero-order valence-electron chi connectivity index (χ0n) is 25.0. The van der Waals surface area contributed by atoms with Gasteiger partial charge in [0.2, 0.25) is 0 Å². The minimum atomic E-state index is -0.506. The van der Waals surface area contributed by atoms with Crippen LogP contribution in [0.15, 0.2) is 84.2 Å². The van der Waals surface area contributed by atoms with Crippen molar-refractivity contribution in [3.8, 4) is 0 Å². The first-order chi connectivity index (χ1) is 20.1. The number of rotatable bonds is 7. The van der Waals surface area contributed by atoms with Crippen LogP contribution in [0.5, 0.6) is 0 Å². The van der Waals surface area contributed by atoms with Gasteiger partial charge in [0.1, 0.15) is 0 Å². The predicted molar refractivity (Wildman–Crippen MR) is 178 cm³/mol. The van der Waals surface area contributed by atoms with Crippen LogP contribution in [-0.2, 0) is 0 Å². The van der Waals surface area contributed by atoms with Crippen LogP contribution >= 0.6 is 15.8 Å². The molecule has 0 aromatic heterocycles. The second kappa shape index (κ2) is 9.90. The van der Waals surface area contributed by atoms with Crippen molar-refractivity contribution in [2.45, 2.75) is 99.9 Å². The van der Waals surface area contributed by atoms with Gasteiger partial charge in [0.15, 0.2) is 0 Å². The third-order valence-corrected chi connectivity index (χ3v) is 20.0. The Morgan fingerprint density at radius 1 is 0.585 bits per heavy atom. The molecule has 8 saturated carbocycles. The van der Waals surface area contributed by atoms with Crippen molar-refractivity contribution >= 4 is 26.5 Å². The summed E-state index contributed by atoms with van der Waals surface area (Å²) in [6.07, 6.45) is 26.9. The molecule has 0 saturated heterocycles. The molecule has 8 fully saturated rings. The van der Waals surface area contributed by atoms with Gasteiger partial charge in [0, 0.05) is 5.92 Å². The molecule has 9 aliphatic rings. The van der Waals surface area contributed by atoms with Crippen molar-refractivity contribution in [2.24, 2.45) is 41.4 Å². The number of hydrogen-bond acceptors (Lipinski definition) is 0. The minimum absolute atomic E-state index is 0.0520. The van der Waals surface area contributed by atoms with E-state index in [0.717, 1.165) is 41.2 Å². The summed E-state index contributed by atoms with van der Waals surface area (Å²) >= 11 is 0. The maximum atomic E-state index is 2.81. The molecular formula is C39H48P2. The average Bonchev–Trinajstić information content (AvgIpc) is 3.42. The largest absolute Gasteiger partial charge is 0.0901 e. The molecule has 2 aromatic carbocycles. The van der Waals surface area contributed by atoms with E-state index in [1.54, 1.807) is 82.4 Å². The van der Waals surface area contributed by atoms with Gasteiger partial charge in [-0.05, 0) is 152 Å². The second-order valence-corrected chi connectivity index (χ2v) is 21.6. The van der Waals surface area contributed by atoms with Crippen LogP contribution in [0.25, 0.3) is 0 Å². The Hall–Kier alpha value is -1.22. The molecule has 2 atom stereocenters. The second-order valence-electron chi connectivity index (χ2n) is 15.9. The van der Waals surface area contributed by atoms with E-state index in [1.807, 2.05) is 0 Å². The standard InChI is InChI=1S/C39H48P2/c1-27(36-13-8-14-37(36)40(34-9-4-2-5-10-34)35-11-6-3-7-12-35)41(38-21-28-15-29(22-38)17-30(16-28)23-38)39-24-31-18-32(25-39)20-33(19-31)26-39/h2-14,27-33,36H,15-26H2,1H3/t27-,28?,29?,30?,31?,32?,33?,36?,38?,39?,41?/m0/s1. The lowest BCUT2D eigenvalue weighted by atomic mass is 9.55. The van der Waals surface area contributed by atoms with Crippen LogP contribution in [-0.4, -0.2) is 16.0 Å². The Bertz CT molecular complexity index is 1180. The summed E-state index contributed by atoms with van der Waals surface area (Å²) in [5, 5.41) is 6.22. The van der Waals surface area contributed by atoms with Gasteiger partial charge in [0.05, 0.1) is 0 Å². The van der Waals surface area contributed by atoms with Crippen LogP contribution in [0, 0.1) is 41.4 Å². The van der Waals surface area contributed by atoms with Gasteiger partial charge < -0.3 is 0 Å². The van der Waals surface area contributed by atoms with Gasteiger partial charge >= 0.3 is 0 Å². The molecule has 2 heteroatoms. The van der Waals surface area contributed by atoms with Gasteiger partial charge in [-0.3, -0.25) is 0 Å². The molecule has 0 nitrogen and oxygen atoms in total. The highest BCUT2D eigenvalue weighted by Crippen LogP contribution is 2.81. The molecule has 0 amide bonds. The third-order valence-electron chi connectivity index (χ3n) is 13.2. The van der Waals surface area contributed by atoms with Crippen molar-refractivity contribution in [2.75, 3.05) is 0 Å². The maximum absolute atomic E-state index is 2.81. The zero-order valence-corrected chi connectivity index (χ0v) is 26.8. The minimum Gasteiger partial charge on any atom is -0.0901 e.